The molecule has 1 aliphatic heterocycles. The summed E-state index contributed by atoms with van der Waals surface area (Å²) >= 11 is 3.53. The van der Waals surface area contributed by atoms with Crippen molar-refractivity contribution in [2.24, 2.45) is 0 Å². The van der Waals surface area contributed by atoms with E-state index < -0.39 is 0 Å². The molecule has 0 amide bonds. The van der Waals surface area contributed by atoms with Crippen LogP contribution in [0.25, 0.3) is 0 Å². The third-order valence-electron chi connectivity index (χ3n) is 4.00. The molecule has 2 rings (SSSR count). The molecule has 1 aromatic rings. The SMILES string of the molecule is CNC(CCCC1CCCO1)c1ccc(Br)cc1C. The summed E-state index contributed by atoms with van der Waals surface area (Å²) in [6.07, 6.45) is 6.62. The van der Waals surface area contributed by atoms with Gasteiger partial charge in [-0.2, -0.15) is 0 Å². The van der Waals surface area contributed by atoms with E-state index in [1.165, 1.54) is 43.2 Å². The third-order valence-corrected chi connectivity index (χ3v) is 4.49. The van der Waals surface area contributed by atoms with Gasteiger partial charge in [0.25, 0.3) is 0 Å². The third kappa shape index (κ3) is 4.30. The first-order chi connectivity index (χ1) is 9.20. The van der Waals surface area contributed by atoms with Crippen LogP contribution in [-0.2, 0) is 4.74 Å². The van der Waals surface area contributed by atoms with E-state index in [2.05, 4.69) is 53.4 Å². The molecule has 1 N–H and O–H groups in total. The van der Waals surface area contributed by atoms with Crippen LogP contribution in [0.1, 0.15) is 49.3 Å². The second-order valence-corrected chi connectivity index (χ2v) is 6.32. The lowest BCUT2D eigenvalue weighted by Gasteiger charge is -2.20. The maximum Gasteiger partial charge on any atom is 0.0576 e. The molecule has 3 heteroatoms. The second-order valence-electron chi connectivity index (χ2n) is 5.41. The van der Waals surface area contributed by atoms with Gasteiger partial charge in [0.05, 0.1) is 6.10 Å². The second kappa shape index (κ2) is 7.41. The van der Waals surface area contributed by atoms with Crippen molar-refractivity contribution in [3.63, 3.8) is 0 Å². The van der Waals surface area contributed by atoms with E-state index in [0.717, 1.165) is 11.1 Å². The quantitative estimate of drug-likeness (QED) is 0.838. The zero-order valence-electron chi connectivity index (χ0n) is 11.9. The Kier molecular flexibility index (Phi) is 5.86. The van der Waals surface area contributed by atoms with Gasteiger partial charge in [0, 0.05) is 17.1 Å². The Hall–Kier alpha value is -0.380. The minimum Gasteiger partial charge on any atom is -0.378 e. The molecule has 2 atom stereocenters. The molecule has 1 aromatic carbocycles. The monoisotopic (exact) mass is 325 g/mol. The Morgan fingerprint density at radius 1 is 1.47 bits per heavy atom. The van der Waals surface area contributed by atoms with Gasteiger partial charge in [-0.1, -0.05) is 22.0 Å². The van der Waals surface area contributed by atoms with Crippen molar-refractivity contribution in [1.82, 2.24) is 5.32 Å². The van der Waals surface area contributed by atoms with Crippen molar-refractivity contribution in [3.8, 4) is 0 Å². The van der Waals surface area contributed by atoms with Crippen LogP contribution >= 0.6 is 15.9 Å². The fraction of sp³-hybridized carbons (Fsp3) is 0.625. The van der Waals surface area contributed by atoms with Gasteiger partial charge >= 0.3 is 0 Å². The highest BCUT2D eigenvalue weighted by Crippen LogP contribution is 2.26. The number of halogens is 1. The number of hydrogen-bond acceptors (Lipinski definition) is 2. The molecule has 0 spiro atoms. The topological polar surface area (TPSA) is 21.3 Å². The van der Waals surface area contributed by atoms with Gasteiger partial charge in [-0.05, 0) is 69.3 Å². The highest BCUT2D eigenvalue weighted by Gasteiger charge is 2.17. The molecular weight excluding hydrogens is 302 g/mol. The molecule has 0 radical (unpaired) electrons. The van der Waals surface area contributed by atoms with Crippen LogP contribution in [0.5, 0.6) is 0 Å². The van der Waals surface area contributed by atoms with Crippen LogP contribution < -0.4 is 5.32 Å². The number of benzene rings is 1. The average molecular weight is 326 g/mol. The summed E-state index contributed by atoms with van der Waals surface area (Å²) in [6, 6.07) is 7.01. The number of ether oxygens (including phenoxy) is 1. The van der Waals surface area contributed by atoms with Crippen LogP contribution in [0.15, 0.2) is 22.7 Å². The van der Waals surface area contributed by atoms with E-state index in [1.807, 2.05) is 0 Å². The molecule has 1 heterocycles. The summed E-state index contributed by atoms with van der Waals surface area (Å²) in [5.74, 6) is 0. The Labute approximate surface area is 125 Å². The molecule has 0 saturated carbocycles. The molecule has 2 unspecified atom stereocenters. The van der Waals surface area contributed by atoms with Gasteiger partial charge in [0.2, 0.25) is 0 Å². The first-order valence-corrected chi connectivity index (χ1v) is 8.05. The minimum absolute atomic E-state index is 0.453. The minimum atomic E-state index is 0.453. The number of aryl methyl sites for hydroxylation is 1. The highest BCUT2D eigenvalue weighted by molar-refractivity contribution is 9.10. The molecule has 1 fully saturated rings. The summed E-state index contributed by atoms with van der Waals surface area (Å²) in [5, 5.41) is 3.45. The van der Waals surface area contributed by atoms with E-state index in [1.54, 1.807) is 0 Å². The first kappa shape index (κ1) is 15.0. The molecular formula is C16H24BrNO. The normalized spacial score (nSPS) is 20.7. The standard InChI is InChI=1S/C16H24BrNO/c1-12-11-13(17)8-9-15(12)16(18-2)7-3-5-14-6-4-10-19-14/h8-9,11,14,16,18H,3-7,10H2,1-2H3. The molecule has 1 saturated heterocycles. The van der Waals surface area contributed by atoms with Gasteiger partial charge in [0.1, 0.15) is 0 Å². The van der Waals surface area contributed by atoms with Crippen molar-refractivity contribution in [1.29, 1.82) is 0 Å². The van der Waals surface area contributed by atoms with Crippen molar-refractivity contribution in [2.45, 2.75) is 51.2 Å². The van der Waals surface area contributed by atoms with Crippen LogP contribution in [-0.4, -0.2) is 19.8 Å². The van der Waals surface area contributed by atoms with Crippen LogP contribution in [0, 0.1) is 6.92 Å². The van der Waals surface area contributed by atoms with Crippen LogP contribution in [0.3, 0.4) is 0 Å². The van der Waals surface area contributed by atoms with Gasteiger partial charge in [0.15, 0.2) is 0 Å². The lowest BCUT2D eigenvalue weighted by atomic mass is 9.96. The van der Waals surface area contributed by atoms with E-state index in [0.29, 0.717) is 12.1 Å². The fourth-order valence-corrected chi connectivity index (χ4v) is 3.38. The smallest absolute Gasteiger partial charge is 0.0576 e. The van der Waals surface area contributed by atoms with Gasteiger partial charge in [-0.15, -0.1) is 0 Å². The van der Waals surface area contributed by atoms with Gasteiger partial charge < -0.3 is 10.1 Å². The lowest BCUT2D eigenvalue weighted by Crippen LogP contribution is -2.18. The zero-order valence-corrected chi connectivity index (χ0v) is 13.5. The van der Waals surface area contributed by atoms with Gasteiger partial charge in [-0.3, -0.25) is 0 Å². The largest absolute Gasteiger partial charge is 0.378 e. The van der Waals surface area contributed by atoms with E-state index in [9.17, 15) is 0 Å². The molecule has 106 valence electrons. The maximum atomic E-state index is 5.69. The summed E-state index contributed by atoms with van der Waals surface area (Å²) in [7, 11) is 2.05. The Morgan fingerprint density at radius 2 is 2.32 bits per heavy atom. The molecule has 19 heavy (non-hydrogen) atoms. The number of rotatable bonds is 6. The van der Waals surface area contributed by atoms with Crippen LogP contribution in [0.2, 0.25) is 0 Å². The van der Waals surface area contributed by atoms with E-state index in [-0.39, 0.29) is 0 Å². The first-order valence-electron chi connectivity index (χ1n) is 7.25. The van der Waals surface area contributed by atoms with Crippen molar-refractivity contribution >= 4 is 15.9 Å². The summed E-state index contributed by atoms with van der Waals surface area (Å²) in [4.78, 5) is 0. The van der Waals surface area contributed by atoms with Crippen molar-refractivity contribution in [3.05, 3.63) is 33.8 Å². The van der Waals surface area contributed by atoms with Crippen molar-refractivity contribution < 1.29 is 4.74 Å². The van der Waals surface area contributed by atoms with Crippen molar-refractivity contribution in [2.75, 3.05) is 13.7 Å². The van der Waals surface area contributed by atoms with E-state index in [4.69, 9.17) is 4.74 Å². The summed E-state index contributed by atoms with van der Waals surface area (Å²) in [5.41, 5.74) is 2.77. The van der Waals surface area contributed by atoms with Crippen LogP contribution in [0.4, 0.5) is 0 Å². The predicted molar refractivity (Wildman–Crippen MR) is 83.5 cm³/mol. The average Bonchev–Trinajstić information content (AvgIpc) is 2.89. The number of hydrogen-bond donors (Lipinski definition) is 1. The molecule has 0 aromatic heterocycles. The summed E-state index contributed by atoms with van der Waals surface area (Å²) in [6.45, 7) is 3.15. The highest BCUT2D eigenvalue weighted by atomic mass is 79.9. The molecule has 2 nitrogen and oxygen atoms in total. The molecule has 0 bridgehead atoms. The molecule has 1 aliphatic rings. The maximum absolute atomic E-state index is 5.69. The van der Waals surface area contributed by atoms with Gasteiger partial charge in [-0.25, -0.2) is 0 Å². The van der Waals surface area contributed by atoms with E-state index >= 15 is 0 Å². The zero-order chi connectivity index (χ0) is 13.7. The fourth-order valence-electron chi connectivity index (χ4n) is 2.91. The predicted octanol–water partition coefficient (Wildman–Crippen LogP) is 4.37. The lowest BCUT2D eigenvalue weighted by molar-refractivity contribution is 0.101. The molecule has 0 aliphatic carbocycles. The Morgan fingerprint density at radius 3 is 2.95 bits per heavy atom. The summed E-state index contributed by atoms with van der Waals surface area (Å²) < 4.78 is 6.84. The Bertz CT molecular complexity index is 402. The number of nitrogens with one attached hydrogen (secondary N) is 1. The Balaban J connectivity index is 1.88.